The zero-order valence-electron chi connectivity index (χ0n) is 10.0. The molecule has 0 aliphatic carbocycles. The summed E-state index contributed by atoms with van der Waals surface area (Å²) in [6, 6.07) is 9.01. The maximum Gasteiger partial charge on any atom is 0.119 e. The Morgan fingerprint density at radius 2 is 2.25 bits per heavy atom. The predicted octanol–water partition coefficient (Wildman–Crippen LogP) is 3.29. The molecule has 2 heteroatoms. The number of nitrogens with one attached hydrogen (secondary N) is 1. The minimum Gasteiger partial charge on any atom is -0.494 e. The van der Waals surface area contributed by atoms with Crippen molar-refractivity contribution in [1.82, 2.24) is 5.32 Å². The van der Waals surface area contributed by atoms with Gasteiger partial charge in [-0.15, -0.1) is 0 Å². The third kappa shape index (κ3) is 2.99. The molecule has 1 fully saturated rings. The second kappa shape index (κ2) is 5.90. The van der Waals surface area contributed by atoms with Gasteiger partial charge in [0, 0.05) is 6.04 Å². The molecule has 2 rings (SSSR count). The van der Waals surface area contributed by atoms with Crippen LogP contribution >= 0.6 is 0 Å². The average molecular weight is 219 g/mol. The summed E-state index contributed by atoms with van der Waals surface area (Å²) in [5, 5.41) is 3.61. The predicted molar refractivity (Wildman–Crippen MR) is 66.8 cm³/mol. The van der Waals surface area contributed by atoms with Crippen molar-refractivity contribution in [2.45, 2.75) is 38.6 Å². The standard InChI is InChI=1S/C14H21NO/c1-2-16-13-8-6-7-12(11-13)14-9-4-3-5-10-15-14/h6-8,11,14-15H,2-5,9-10H2,1H3/t14-/m0/s1. The number of hydrogen-bond acceptors (Lipinski definition) is 2. The SMILES string of the molecule is CCOc1cccc([C@@H]2CCCCCN2)c1. The molecule has 0 saturated carbocycles. The molecule has 0 spiro atoms. The number of ether oxygens (including phenoxy) is 1. The van der Waals surface area contributed by atoms with Crippen molar-refractivity contribution in [1.29, 1.82) is 0 Å². The monoisotopic (exact) mass is 219 g/mol. The van der Waals surface area contributed by atoms with Gasteiger partial charge in [-0.3, -0.25) is 0 Å². The van der Waals surface area contributed by atoms with E-state index in [9.17, 15) is 0 Å². The van der Waals surface area contributed by atoms with E-state index in [0.29, 0.717) is 6.04 Å². The summed E-state index contributed by atoms with van der Waals surface area (Å²) in [5.74, 6) is 0.992. The smallest absolute Gasteiger partial charge is 0.119 e. The van der Waals surface area contributed by atoms with E-state index in [1.165, 1.54) is 31.2 Å². The van der Waals surface area contributed by atoms with Gasteiger partial charge in [0.25, 0.3) is 0 Å². The van der Waals surface area contributed by atoms with E-state index < -0.39 is 0 Å². The lowest BCUT2D eigenvalue weighted by molar-refractivity contribution is 0.339. The fourth-order valence-corrected chi connectivity index (χ4v) is 2.30. The van der Waals surface area contributed by atoms with Crippen LogP contribution in [0.1, 0.15) is 44.2 Å². The van der Waals surface area contributed by atoms with Crippen molar-refractivity contribution >= 4 is 0 Å². The highest BCUT2D eigenvalue weighted by atomic mass is 16.5. The first-order valence-electron chi connectivity index (χ1n) is 6.36. The fourth-order valence-electron chi connectivity index (χ4n) is 2.30. The molecule has 1 aliphatic rings. The lowest BCUT2D eigenvalue weighted by Gasteiger charge is -2.17. The summed E-state index contributed by atoms with van der Waals surface area (Å²) in [6.07, 6.45) is 5.24. The zero-order chi connectivity index (χ0) is 11.2. The van der Waals surface area contributed by atoms with Crippen LogP contribution in [0.2, 0.25) is 0 Å². The first-order valence-corrected chi connectivity index (χ1v) is 6.36. The molecule has 1 aromatic carbocycles. The van der Waals surface area contributed by atoms with Gasteiger partial charge in [-0.05, 0) is 44.0 Å². The highest BCUT2D eigenvalue weighted by Gasteiger charge is 2.13. The van der Waals surface area contributed by atoms with Gasteiger partial charge >= 0.3 is 0 Å². The molecule has 0 radical (unpaired) electrons. The molecular weight excluding hydrogens is 198 g/mol. The molecule has 0 amide bonds. The van der Waals surface area contributed by atoms with E-state index in [1.807, 2.05) is 13.0 Å². The Hall–Kier alpha value is -1.02. The van der Waals surface area contributed by atoms with Crippen LogP contribution in [0.25, 0.3) is 0 Å². The molecule has 1 aromatic rings. The van der Waals surface area contributed by atoms with E-state index in [1.54, 1.807) is 0 Å². The molecule has 1 heterocycles. The maximum absolute atomic E-state index is 5.54. The third-order valence-electron chi connectivity index (χ3n) is 3.13. The summed E-state index contributed by atoms with van der Waals surface area (Å²) in [4.78, 5) is 0. The van der Waals surface area contributed by atoms with Gasteiger partial charge in [-0.1, -0.05) is 25.0 Å². The van der Waals surface area contributed by atoms with Gasteiger partial charge in [0.15, 0.2) is 0 Å². The molecule has 0 bridgehead atoms. The third-order valence-corrected chi connectivity index (χ3v) is 3.13. The molecular formula is C14H21NO. The molecule has 1 saturated heterocycles. The van der Waals surface area contributed by atoms with Gasteiger partial charge in [0.2, 0.25) is 0 Å². The van der Waals surface area contributed by atoms with E-state index >= 15 is 0 Å². The van der Waals surface area contributed by atoms with E-state index in [0.717, 1.165) is 18.9 Å². The van der Waals surface area contributed by atoms with Crippen LogP contribution in [0, 0.1) is 0 Å². The Balaban J connectivity index is 2.08. The van der Waals surface area contributed by atoms with Crippen molar-refractivity contribution in [3.05, 3.63) is 29.8 Å². The van der Waals surface area contributed by atoms with Crippen LogP contribution < -0.4 is 10.1 Å². The van der Waals surface area contributed by atoms with Crippen LogP contribution in [0.3, 0.4) is 0 Å². The number of hydrogen-bond donors (Lipinski definition) is 1. The highest BCUT2D eigenvalue weighted by molar-refractivity contribution is 5.30. The van der Waals surface area contributed by atoms with E-state index in [4.69, 9.17) is 4.74 Å². The molecule has 0 aromatic heterocycles. The van der Waals surface area contributed by atoms with Gasteiger partial charge in [-0.2, -0.15) is 0 Å². The summed E-state index contributed by atoms with van der Waals surface area (Å²) in [5.41, 5.74) is 1.37. The number of rotatable bonds is 3. The van der Waals surface area contributed by atoms with Crippen molar-refractivity contribution in [3.8, 4) is 5.75 Å². The molecule has 2 nitrogen and oxygen atoms in total. The molecule has 16 heavy (non-hydrogen) atoms. The van der Waals surface area contributed by atoms with Crippen LogP contribution in [0.15, 0.2) is 24.3 Å². The minimum atomic E-state index is 0.517. The minimum absolute atomic E-state index is 0.517. The molecule has 1 N–H and O–H groups in total. The maximum atomic E-state index is 5.54. The lowest BCUT2D eigenvalue weighted by Crippen LogP contribution is -2.20. The topological polar surface area (TPSA) is 21.3 Å². The molecule has 1 atom stereocenters. The second-order valence-corrected chi connectivity index (χ2v) is 4.36. The Bertz CT molecular complexity index is 316. The van der Waals surface area contributed by atoms with E-state index in [-0.39, 0.29) is 0 Å². The second-order valence-electron chi connectivity index (χ2n) is 4.36. The van der Waals surface area contributed by atoms with Crippen molar-refractivity contribution < 1.29 is 4.74 Å². The van der Waals surface area contributed by atoms with Crippen LogP contribution in [0.5, 0.6) is 5.75 Å². The molecule has 1 aliphatic heterocycles. The first-order chi connectivity index (χ1) is 7.90. The first kappa shape index (κ1) is 11.5. The highest BCUT2D eigenvalue weighted by Crippen LogP contribution is 2.25. The Morgan fingerprint density at radius 3 is 3.12 bits per heavy atom. The largest absolute Gasteiger partial charge is 0.494 e. The lowest BCUT2D eigenvalue weighted by atomic mass is 10.0. The Labute approximate surface area is 98.0 Å². The molecule has 0 unspecified atom stereocenters. The van der Waals surface area contributed by atoms with Crippen LogP contribution in [0.4, 0.5) is 0 Å². The Morgan fingerprint density at radius 1 is 1.31 bits per heavy atom. The number of benzene rings is 1. The molecule has 88 valence electrons. The summed E-state index contributed by atoms with van der Waals surface area (Å²) < 4.78 is 5.54. The van der Waals surface area contributed by atoms with Crippen LogP contribution in [-0.4, -0.2) is 13.2 Å². The van der Waals surface area contributed by atoms with Gasteiger partial charge in [0.1, 0.15) is 5.75 Å². The van der Waals surface area contributed by atoms with E-state index in [2.05, 4.69) is 23.5 Å². The summed E-state index contributed by atoms with van der Waals surface area (Å²) >= 11 is 0. The quantitative estimate of drug-likeness (QED) is 0.842. The zero-order valence-corrected chi connectivity index (χ0v) is 10.0. The Kier molecular flexibility index (Phi) is 4.23. The summed E-state index contributed by atoms with van der Waals surface area (Å²) in [7, 11) is 0. The van der Waals surface area contributed by atoms with Crippen molar-refractivity contribution in [3.63, 3.8) is 0 Å². The van der Waals surface area contributed by atoms with Gasteiger partial charge in [0.05, 0.1) is 6.61 Å². The normalized spacial score (nSPS) is 21.4. The van der Waals surface area contributed by atoms with Crippen molar-refractivity contribution in [2.75, 3.05) is 13.2 Å². The average Bonchev–Trinajstić information content (AvgIpc) is 2.58. The fraction of sp³-hybridized carbons (Fsp3) is 0.571. The van der Waals surface area contributed by atoms with Crippen LogP contribution in [-0.2, 0) is 0 Å². The van der Waals surface area contributed by atoms with Crippen molar-refractivity contribution in [2.24, 2.45) is 0 Å². The summed E-state index contributed by atoms with van der Waals surface area (Å²) in [6.45, 7) is 3.90. The van der Waals surface area contributed by atoms with Gasteiger partial charge < -0.3 is 10.1 Å². The van der Waals surface area contributed by atoms with Gasteiger partial charge in [-0.25, -0.2) is 0 Å².